The lowest BCUT2D eigenvalue weighted by Crippen LogP contribution is -2.03. The fraction of sp³-hybridized carbons (Fsp3) is 0.250. The van der Waals surface area contributed by atoms with Gasteiger partial charge in [-0.25, -0.2) is 4.68 Å². The first-order chi connectivity index (χ1) is 7.83. The van der Waals surface area contributed by atoms with Gasteiger partial charge >= 0.3 is 0 Å². The predicted octanol–water partition coefficient (Wildman–Crippen LogP) is 1.60. The van der Waals surface area contributed by atoms with Gasteiger partial charge in [0.15, 0.2) is 0 Å². The predicted molar refractivity (Wildman–Crippen MR) is 62.9 cm³/mol. The van der Waals surface area contributed by atoms with E-state index in [2.05, 4.69) is 10.4 Å². The van der Waals surface area contributed by atoms with Crippen LogP contribution in [0.15, 0.2) is 36.7 Å². The van der Waals surface area contributed by atoms with Gasteiger partial charge in [0, 0.05) is 18.3 Å². The SMILES string of the molecule is CNCc1cnn(-c2ccc(OC)cc2)c1. The second-order valence-electron chi connectivity index (χ2n) is 3.52. The molecule has 0 saturated carbocycles. The van der Waals surface area contributed by atoms with E-state index in [9.17, 15) is 0 Å². The number of rotatable bonds is 4. The van der Waals surface area contributed by atoms with E-state index in [0.29, 0.717) is 0 Å². The van der Waals surface area contributed by atoms with Crippen LogP contribution in [-0.4, -0.2) is 23.9 Å². The van der Waals surface area contributed by atoms with E-state index < -0.39 is 0 Å². The highest BCUT2D eigenvalue weighted by Crippen LogP contribution is 2.14. The van der Waals surface area contributed by atoms with Gasteiger partial charge in [0.1, 0.15) is 5.75 Å². The van der Waals surface area contributed by atoms with Crippen molar-refractivity contribution in [3.05, 3.63) is 42.2 Å². The monoisotopic (exact) mass is 217 g/mol. The van der Waals surface area contributed by atoms with E-state index in [1.54, 1.807) is 7.11 Å². The van der Waals surface area contributed by atoms with Crippen LogP contribution in [0.25, 0.3) is 5.69 Å². The van der Waals surface area contributed by atoms with Crippen LogP contribution >= 0.6 is 0 Å². The van der Waals surface area contributed by atoms with Crippen molar-refractivity contribution >= 4 is 0 Å². The minimum Gasteiger partial charge on any atom is -0.497 e. The number of aromatic nitrogens is 2. The molecule has 1 heterocycles. The Labute approximate surface area is 94.9 Å². The van der Waals surface area contributed by atoms with Gasteiger partial charge in [-0.05, 0) is 31.3 Å². The van der Waals surface area contributed by atoms with Crippen LogP contribution in [0.4, 0.5) is 0 Å². The van der Waals surface area contributed by atoms with Crippen molar-refractivity contribution in [1.82, 2.24) is 15.1 Å². The first-order valence-corrected chi connectivity index (χ1v) is 5.16. The Morgan fingerprint density at radius 2 is 2.06 bits per heavy atom. The summed E-state index contributed by atoms with van der Waals surface area (Å²) in [6, 6.07) is 7.81. The van der Waals surface area contributed by atoms with Gasteiger partial charge in [0.25, 0.3) is 0 Å². The second kappa shape index (κ2) is 4.81. The van der Waals surface area contributed by atoms with Crippen molar-refractivity contribution in [2.75, 3.05) is 14.2 Å². The van der Waals surface area contributed by atoms with Crippen molar-refractivity contribution in [3.8, 4) is 11.4 Å². The van der Waals surface area contributed by atoms with Crippen molar-refractivity contribution in [2.24, 2.45) is 0 Å². The van der Waals surface area contributed by atoms with Gasteiger partial charge in [-0.3, -0.25) is 0 Å². The maximum absolute atomic E-state index is 5.11. The van der Waals surface area contributed by atoms with Gasteiger partial charge < -0.3 is 10.1 Å². The second-order valence-corrected chi connectivity index (χ2v) is 3.52. The summed E-state index contributed by atoms with van der Waals surface area (Å²) in [5.74, 6) is 0.853. The van der Waals surface area contributed by atoms with Crippen molar-refractivity contribution in [2.45, 2.75) is 6.54 Å². The molecule has 0 radical (unpaired) electrons. The van der Waals surface area contributed by atoms with E-state index in [1.165, 1.54) is 5.56 Å². The zero-order valence-electron chi connectivity index (χ0n) is 9.47. The molecule has 1 N–H and O–H groups in total. The maximum Gasteiger partial charge on any atom is 0.119 e. The van der Waals surface area contributed by atoms with Crippen molar-refractivity contribution in [3.63, 3.8) is 0 Å². The molecule has 1 aromatic carbocycles. The highest BCUT2D eigenvalue weighted by molar-refractivity contribution is 5.37. The minimum absolute atomic E-state index is 0.830. The van der Waals surface area contributed by atoms with E-state index in [-0.39, 0.29) is 0 Å². The average Bonchev–Trinajstić information content (AvgIpc) is 2.78. The van der Waals surface area contributed by atoms with Crippen LogP contribution in [0.5, 0.6) is 5.75 Å². The van der Waals surface area contributed by atoms with Crippen LogP contribution in [0.3, 0.4) is 0 Å². The first-order valence-electron chi connectivity index (χ1n) is 5.16. The number of hydrogen-bond acceptors (Lipinski definition) is 3. The molecule has 0 aliphatic rings. The molecule has 0 amide bonds. The van der Waals surface area contributed by atoms with Crippen molar-refractivity contribution in [1.29, 1.82) is 0 Å². The third kappa shape index (κ3) is 2.23. The first kappa shape index (κ1) is 10.7. The summed E-state index contributed by atoms with van der Waals surface area (Å²) < 4.78 is 6.96. The van der Waals surface area contributed by atoms with E-state index >= 15 is 0 Å². The summed E-state index contributed by atoms with van der Waals surface area (Å²) in [5.41, 5.74) is 2.20. The van der Waals surface area contributed by atoms with E-state index in [4.69, 9.17) is 4.74 Å². The summed E-state index contributed by atoms with van der Waals surface area (Å²) >= 11 is 0. The topological polar surface area (TPSA) is 39.1 Å². The minimum atomic E-state index is 0.830. The Morgan fingerprint density at radius 3 is 2.69 bits per heavy atom. The Bertz CT molecular complexity index is 448. The van der Waals surface area contributed by atoms with Gasteiger partial charge in [0.2, 0.25) is 0 Å². The van der Waals surface area contributed by atoms with Gasteiger partial charge in [-0.15, -0.1) is 0 Å². The molecule has 4 nitrogen and oxygen atoms in total. The van der Waals surface area contributed by atoms with Gasteiger partial charge in [-0.1, -0.05) is 0 Å². The molecule has 1 aromatic heterocycles. The molecule has 0 spiro atoms. The third-order valence-corrected chi connectivity index (χ3v) is 2.35. The summed E-state index contributed by atoms with van der Waals surface area (Å²) in [5, 5.41) is 7.39. The zero-order chi connectivity index (χ0) is 11.4. The molecule has 0 unspecified atom stereocenters. The fourth-order valence-corrected chi connectivity index (χ4v) is 1.53. The van der Waals surface area contributed by atoms with E-state index in [1.807, 2.05) is 48.4 Å². The summed E-state index contributed by atoms with van der Waals surface area (Å²) in [6.45, 7) is 0.830. The summed E-state index contributed by atoms with van der Waals surface area (Å²) in [4.78, 5) is 0. The number of benzene rings is 1. The number of methoxy groups -OCH3 is 1. The smallest absolute Gasteiger partial charge is 0.119 e. The fourth-order valence-electron chi connectivity index (χ4n) is 1.53. The molecule has 0 bridgehead atoms. The molecule has 0 atom stereocenters. The Hall–Kier alpha value is -1.81. The molecule has 2 rings (SSSR count). The molecule has 4 heteroatoms. The normalized spacial score (nSPS) is 10.4. The zero-order valence-corrected chi connectivity index (χ0v) is 9.47. The number of ether oxygens (including phenoxy) is 1. The molecule has 2 aromatic rings. The van der Waals surface area contributed by atoms with Crippen LogP contribution in [-0.2, 0) is 6.54 Å². The highest BCUT2D eigenvalue weighted by atomic mass is 16.5. The van der Waals surface area contributed by atoms with Crippen LogP contribution < -0.4 is 10.1 Å². The molecule has 0 saturated heterocycles. The largest absolute Gasteiger partial charge is 0.497 e. The van der Waals surface area contributed by atoms with Crippen LogP contribution in [0.1, 0.15) is 5.56 Å². The Morgan fingerprint density at radius 1 is 1.31 bits per heavy atom. The number of hydrogen-bond donors (Lipinski definition) is 1. The molecule has 84 valence electrons. The standard InChI is InChI=1S/C12H15N3O/c1-13-7-10-8-14-15(9-10)11-3-5-12(16-2)6-4-11/h3-6,8-9,13H,7H2,1-2H3. The maximum atomic E-state index is 5.11. The Kier molecular flexibility index (Phi) is 3.22. The molecule has 0 fully saturated rings. The van der Waals surface area contributed by atoms with Gasteiger partial charge in [0.05, 0.1) is 19.0 Å². The summed E-state index contributed by atoms with van der Waals surface area (Å²) in [7, 11) is 3.58. The van der Waals surface area contributed by atoms with Crippen LogP contribution in [0, 0.1) is 0 Å². The summed E-state index contributed by atoms with van der Waals surface area (Å²) in [6.07, 6.45) is 3.87. The van der Waals surface area contributed by atoms with Gasteiger partial charge in [-0.2, -0.15) is 5.10 Å². The third-order valence-electron chi connectivity index (χ3n) is 2.35. The molecule has 0 aliphatic carbocycles. The van der Waals surface area contributed by atoms with Crippen molar-refractivity contribution < 1.29 is 4.74 Å². The lowest BCUT2D eigenvalue weighted by Gasteiger charge is -2.02. The molecule has 0 aliphatic heterocycles. The van der Waals surface area contributed by atoms with Crippen LogP contribution in [0.2, 0.25) is 0 Å². The highest BCUT2D eigenvalue weighted by Gasteiger charge is 2.00. The number of nitrogens with one attached hydrogen (secondary N) is 1. The molecular weight excluding hydrogens is 202 g/mol. The molecule has 16 heavy (non-hydrogen) atoms. The number of nitrogens with zero attached hydrogens (tertiary/aromatic N) is 2. The average molecular weight is 217 g/mol. The lowest BCUT2D eigenvalue weighted by molar-refractivity contribution is 0.414. The van der Waals surface area contributed by atoms with E-state index in [0.717, 1.165) is 18.0 Å². The molecular formula is C12H15N3O. The Balaban J connectivity index is 2.21. The quantitative estimate of drug-likeness (QED) is 0.845. The lowest BCUT2D eigenvalue weighted by atomic mass is 10.3.